The largest absolute Gasteiger partial charge is 0.481 e. The monoisotopic (exact) mass is 478 g/mol. The van der Waals surface area contributed by atoms with Gasteiger partial charge in [-0.1, -0.05) is 55.0 Å². The molecule has 184 valence electrons. The van der Waals surface area contributed by atoms with Crippen LogP contribution >= 0.6 is 0 Å². The summed E-state index contributed by atoms with van der Waals surface area (Å²) in [6.45, 7) is 0.553. The highest BCUT2D eigenvalue weighted by Gasteiger charge is 2.38. The van der Waals surface area contributed by atoms with Crippen molar-refractivity contribution in [2.75, 3.05) is 13.2 Å². The number of aliphatic carboxylic acids is 1. The standard InChI is InChI=1S/C27H30N2O6/c30-25(28-17-7-5-6-16(14-17)26(31)32)24-23(12-13-34-24)29-27(33)35-15-22-20-10-3-1-8-18(20)19-9-2-4-11-21(19)22/h1-4,8-11,16-17,22-24H,5-7,12-15H2,(H,28,30)(H,29,33)(H,31,32)/t16-,17-,23?,24?/m1/s1. The van der Waals surface area contributed by atoms with Gasteiger partial charge in [0.05, 0.1) is 12.0 Å². The van der Waals surface area contributed by atoms with Crippen molar-refractivity contribution < 1.29 is 29.0 Å². The Hall–Kier alpha value is -3.39. The van der Waals surface area contributed by atoms with Crippen molar-refractivity contribution >= 4 is 18.0 Å². The molecule has 35 heavy (non-hydrogen) atoms. The summed E-state index contributed by atoms with van der Waals surface area (Å²) in [5.41, 5.74) is 4.59. The van der Waals surface area contributed by atoms with Crippen molar-refractivity contribution in [3.05, 3.63) is 59.7 Å². The Morgan fingerprint density at radius 1 is 0.943 bits per heavy atom. The van der Waals surface area contributed by atoms with E-state index in [1.165, 1.54) is 0 Å². The molecule has 1 aliphatic heterocycles. The van der Waals surface area contributed by atoms with E-state index in [2.05, 4.69) is 34.9 Å². The number of carbonyl (C=O) groups is 3. The number of amides is 2. The molecule has 2 aliphatic carbocycles. The lowest BCUT2D eigenvalue weighted by molar-refractivity contribution is -0.143. The van der Waals surface area contributed by atoms with Crippen LogP contribution in [0.4, 0.5) is 4.79 Å². The van der Waals surface area contributed by atoms with Crippen molar-refractivity contribution in [1.82, 2.24) is 10.6 Å². The summed E-state index contributed by atoms with van der Waals surface area (Å²) in [5, 5.41) is 15.0. The number of rotatable bonds is 6. The number of hydrogen-bond donors (Lipinski definition) is 3. The first-order valence-corrected chi connectivity index (χ1v) is 12.3. The fourth-order valence-electron chi connectivity index (χ4n) is 5.62. The quantitative estimate of drug-likeness (QED) is 0.586. The second-order valence-corrected chi connectivity index (χ2v) is 9.56. The molecule has 2 aromatic carbocycles. The summed E-state index contributed by atoms with van der Waals surface area (Å²) in [6.07, 6.45) is 1.66. The van der Waals surface area contributed by atoms with Gasteiger partial charge in [-0.3, -0.25) is 9.59 Å². The fourth-order valence-corrected chi connectivity index (χ4v) is 5.62. The topological polar surface area (TPSA) is 114 Å². The van der Waals surface area contributed by atoms with Crippen LogP contribution in [0.1, 0.15) is 49.1 Å². The highest BCUT2D eigenvalue weighted by atomic mass is 16.6. The number of benzene rings is 2. The van der Waals surface area contributed by atoms with Crippen LogP contribution in [-0.4, -0.2) is 54.5 Å². The van der Waals surface area contributed by atoms with Crippen LogP contribution in [0.5, 0.6) is 0 Å². The third kappa shape index (κ3) is 4.89. The minimum absolute atomic E-state index is 0.0412. The van der Waals surface area contributed by atoms with E-state index in [0.29, 0.717) is 25.9 Å². The SMILES string of the molecule is O=C(NC1CCOC1C(=O)N[C@@H]1CCC[C@@H](C(=O)O)C1)OCC1c2ccccc2-c2ccccc21. The Labute approximate surface area is 204 Å². The number of ether oxygens (including phenoxy) is 2. The maximum absolute atomic E-state index is 12.8. The molecule has 1 saturated heterocycles. The minimum Gasteiger partial charge on any atom is -0.481 e. The molecule has 4 atom stereocenters. The van der Waals surface area contributed by atoms with Crippen LogP contribution < -0.4 is 10.6 Å². The molecular weight excluding hydrogens is 448 g/mol. The van der Waals surface area contributed by atoms with E-state index in [9.17, 15) is 19.5 Å². The van der Waals surface area contributed by atoms with Crippen molar-refractivity contribution in [2.45, 2.75) is 56.2 Å². The van der Waals surface area contributed by atoms with Crippen LogP contribution in [0, 0.1) is 5.92 Å². The molecule has 5 rings (SSSR count). The molecule has 2 aromatic rings. The first-order valence-electron chi connectivity index (χ1n) is 12.3. The summed E-state index contributed by atoms with van der Waals surface area (Å²) in [5.74, 6) is -1.62. The summed E-state index contributed by atoms with van der Waals surface area (Å²) < 4.78 is 11.2. The van der Waals surface area contributed by atoms with E-state index in [-0.39, 0.29) is 24.5 Å². The number of nitrogens with one attached hydrogen (secondary N) is 2. The Morgan fingerprint density at radius 3 is 2.31 bits per heavy atom. The van der Waals surface area contributed by atoms with Gasteiger partial charge in [-0.25, -0.2) is 4.79 Å². The van der Waals surface area contributed by atoms with Gasteiger partial charge in [0.25, 0.3) is 5.91 Å². The van der Waals surface area contributed by atoms with Gasteiger partial charge in [0.15, 0.2) is 6.10 Å². The molecular formula is C27H30N2O6. The Kier molecular flexibility index (Phi) is 6.72. The van der Waals surface area contributed by atoms with Crippen LogP contribution in [0.2, 0.25) is 0 Å². The van der Waals surface area contributed by atoms with E-state index in [4.69, 9.17) is 9.47 Å². The number of carboxylic acid groups (broad SMARTS) is 1. The second kappa shape index (κ2) is 10.1. The fraction of sp³-hybridized carbons (Fsp3) is 0.444. The number of carboxylic acids is 1. The molecule has 0 spiro atoms. The smallest absolute Gasteiger partial charge is 0.407 e. The average Bonchev–Trinajstić information content (AvgIpc) is 3.45. The lowest BCUT2D eigenvalue weighted by Crippen LogP contribution is -2.51. The second-order valence-electron chi connectivity index (χ2n) is 9.56. The van der Waals surface area contributed by atoms with Gasteiger partial charge in [-0.2, -0.15) is 0 Å². The normalized spacial score (nSPS) is 25.4. The van der Waals surface area contributed by atoms with Gasteiger partial charge in [-0.15, -0.1) is 0 Å². The molecule has 2 amide bonds. The van der Waals surface area contributed by atoms with Gasteiger partial charge in [0, 0.05) is 18.6 Å². The molecule has 8 heteroatoms. The number of fused-ring (bicyclic) bond motifs is 3. The summed E-state index contributed by atoms with van der Waals surface area (Å²) in [7, 11) is 0. The lowest BCUT2D eigenvalue weighted by atomic mass is 9.85. The van der Waals surface area contributed by atoms with E-state index in [0.717, 1.165) is 35.1 Å². The van der Waals surface area contributed by atoms with Crippen molar-refractivity contribution in [3.8, 4) is 11.1 Å². The van der Waals surface area contributed by atoms with E-state index in [1.807, 2.05) is 24.3 Å². The highest BCUT2D eigenvalue weighted by molar-refractivity contribution is 5.83. The first kappa shape index (κ1) is 23.4. The molecule has 0 bridgehead atoms. The maximum atomic E-state index is 12.8. The average molecular weight is 479 g/mol. The molecule has 3 aliphatic rings. The number of hydrogen-bond acceptors (Lipinski definition) is 5. The molecule has 3 N–H and O–H groups in total. The van der Waals surface area contributed by atoms with Gasteiger partial charge in [0.1, 0.15) is 6.61 Å². The Morgan fingerprint density at radius 2 is 1.63 bits per heavy atom. The predicted octanol–water partition coefficient (Wildman–Crippen LogP) is 3.44. The van der Waals surface area contributed by atoms with Crippen LogP contribution in [0.3, 0.4) is 0 Å². The van der Waals surface area contributed by atoms with Crippen LogP contribution in [-0.2, 0) is 19.1 Å². The third-order valence-corrected chi connectivity index (χ3v) is 7.37. The number of alkyl carbamates (subject to hydrolysis) is 1. The molecule has 2 fully saturated rings. The third-order valence-electron chi connectivity index (χ3n) is 7.37. The zero-order valence-electron chi connectivity index (χ0n) is 19.4. The first-order chi connectivity index (χ1) is 17.0. The van der Waals surface area contributed by atoms with Crippen LogP contribution in [0.25, 0.3) is 11.1 Å². The molecule has 8 nitrogen and oxygen atoms in total. The lowest BCUT2D eigenvalue weighted by Gasteiger charge is -2.29. The predicted molar refractivity (Wildman–Crippen MR) is 128 cm³/mol. The number of carbonyl (C=O) groups excluding carboxylic acids is 2. The Bertz CT molecular complexity index is 1070. The molecule has 0 aromatic heterocycles. The molecule has 0 radical (unpaired) electrons. The maximum Gasteiger partial charge on any atom is 0.407 e. The summed E-state index contributed by atoms with van der Waals surface area (Å²) >= 11 is 0. The summed E-state index contributed by atoms with van der Waals surface area (Å²) in [6, 6.07) is 15.6. The molecule has 2 unspecified atom stereocenters. The zero-order valence-corrected chi connectivity index (χ0v) is 19.4. The van der Waals surface area contributed by atoms with Gasteiger partial charge in [0.2, 0.25) is 0 Å². The van der Waals surface area contributed by atoms with Gasteiger partial charge >= 0.3 is 12.1 Å². The minimum atomic E-state index is -0.823. The Balaban J connectivity index is 1.17. The van der Waals surface area contributed by atoms with Gasteiger partial charge < -0.3 is 25.2 Å². The zero-order chi connectivity index (χ0) is 24.4. The van der Waals surface area contributed by atoms with Crippen molar-refractivity contribution in [3.63, 3.8) is 0 Å². The van der Waals surface area contributed by atoms with E-state index in [1.54, 1.807) is 0 Å². The van der Waals surface area contributed by atoms with Crippen LogP contribution in [0.15, 0.2) is 48.5 Å². The molecule has 1 heterocycles. The summed E-state index contributed by atoms with van der Waals surface area (Å²) in [4.78, 5) is 36.8. The van der Waals surface area contributed by atoms with Crippen molar-refractivity contribution in [1.29, 1.82) is 0 Å². The highest BCUT2D eigenvalue weighted by Crippen LogP contribution is 2.44. The van der Waals surface area contributed by atoms with Crippen molar-refractivity contribution in [2.24, 2.45) is 5.92 Å². The molecule has 1 saturated carbocycles. The van der Waals surface area contributed by atoms with E-state index < -0.39 is 30.1 Å². The van der Waals surface area contributed by atoms with E-state index >= 15 is 0 Å². The van der Waals surface area contributed by atoms with Gasteiger partial charge in [-0.05, 0) is 47.9 Å².